The molecule has 0 aliphatic heterocycles. The van der Waals surface area contributed by atoms with Gasteiger partial charge in [-0.05, 0) is 126 Å². The molecule has 64 heavy (non-hydrogen) atoms. The molecule has 0 bridgehead atoms. The van der Waals surface area contributed by atoms with Gasteiger partial charge in [-0.15, -0.1) is 0 Å². The number of furan rings is 1. The van der Waals surface area contributed by atoms with Gasteiger partial charge in [-0.3, -0.25) is 0 Å². The van der Waals surface area contributed by atoms with E-state index >= 15 is 0 Å². The average Bonchev–Trinajstić information content (AvgIpc) is 4.07. The number of hydrogen-bond acceptors (Lipinski definition) is 2. The highest BCUT2D eigenvalue weighted by molar-refractivity contribution is 6.07. The van der Waals surface area contributed by atoms with Crippen molar-refractivity contribution in [2.75, 3.05) is 4.90 Å². The number of anilines is 3. The second-order valence-corrected chi connectivity index (χ2v) is 17.5. The largest absolute Gasteiger partial charge is 0.456 e. The number of para-hydroxylation sites is 1. The lowest BCUT2D eigenvalue weighted by Crippen LogP contribution is -2.28. The molecular weight excluding hydrogens is 775 g/mol. The van der Waals surface area contributed by atoms with Crippen LogP contribution in [0.1, 0.15) is 44.5 Å². The van der Waals surface area contributed by atoms with Gasteiger partial charge in [0.15, 0.2) is 0 Å². The van der Waals surface area contributed by atoms with Crippen molar-refractivity contribution in [1.82, 2.24) is 0 Å². The van der Waals surface area contributed by atoms with Gasteiger partial charge in [0.25, 0.3) is 0 Å². The van der Waals surface area contributed by atoms with Gasteiger partial charge in [-0.2, -0.15) is 0 Å². The molecule has 3 aliphatic carbocycles. The Balaban J connectivity index is 1.01. The summed E-state index contributed by atoms with van der Waals surface area (Å²) >= 11 is 0. The molecule has 1 heterocycles. The van der Waals surface area contributed by atoms with Gasteiger partial charge in [0.1, 0.15) is 11.2 Å². The van der Waals surface area contributed by atoms with E-state index in [1.54, 1.807) is 0 Å². The van der Waals surface area contributed by atoms with E-state index in [0.717, 1.165) is 39.0 Å². The summed E-state index contributed by atoms with van der Waals surface area (Å²) in [7, 11) is 0. The molecule has 11 aromatic rings. The molecule has 0 amide bonds. The molecule has 1 spiro atoms. The summed E-state index contributed by atoms with van der Waals surface area (Å²) in [4.78, 5) is 2.44. The van der Waals surface area contributed by atoms with Crippen molar-refractivity contribution in [3.05, 3.63) is 281 Å². The molecule has 0 saturated heterocycles. The Labute approximate surface area is 372 Å². The van der Waals surface area contributed by atoms with E-state index in [-0.39, 0.29) is 0 Å². The van der Waals surface area contributed by atoms with Gasteiger partial charge in [0.2, 0.25) is 0 Å². The summed E-state index contributed by atoms with van der Waals surface area (Å²) in [5, 5.41) is 2.21. The molecule has 0 unspecified atom stereocenters. The van der Waals surface area contributed by atoms with Crippen molar-refractivity contribution in [2.45, 2.75) is 10.8 Å². The second kappa shape index (κ2) is 13.2. The zero-order valence-electron chi connectivity index (χ0n) is 34.9. The van der Waals surface area contributed by atoms with E-state index in [2.05, 4.69) is 235 Å². The quantitative estimate of drug-likeness (QED) is 0.172. The third kappa shape index (κ3) is 4.54. The topological polar surface area (TPSA) is 16.4 Å². The third-order valence-corrected chi connectivity index (χ3v) is 14.6. The summed E-state index contributed by atoms with van der Waals surface area (Å²) in [6, 6.07) is 87.7. The summed E-state index contributed by atoms with van der Waals surface area (Å²) in [5.74, 6) is 0. The number of benzene rings is 10. The molecule has 0 N–H and O–H groups in total. The van der Waals surface area contributed by atoms with Gasteiger partial charge in [0, 0.05) is 27.8 Å². The average molecular weight is 814 g/mol. The van der Waals surface area contributed by atoms with Gasteiger partial charge in [-0.25, -0.2) is 0 Å². The van der Waals surface area contributed by atoms with E-state index in [4.69, 9.17) is 4.42 Å². The van der Waals surface area contributed by atoms with Gasteiger partial charge in [0.05, 0.1) is 10.8 Å². The molecule has 2 heteroatoms. The maximum Gasteiger partial charge on any atom is 0.135 e. The predicted molar refractivity (Wildman–Crippen MR) is 262 cm³/mol. The van der Waals surface area contributed by atoms with Crippen molar-refractivity contribution < 1.29 is 4.42 Å². The first-order valence-electron chi connectivity index (χ1n) is 22.3. The maximum absolute atomic E-state index is 6.39. The highest BCUT2D eigenvalue weighted by Crippen LogP contribution is 2.63. The van der Waals surface area contributed by atoms with Crippen LogP contribution in [-0.2, 0) is 10.8 Å². The standard InChI is InChI=1S/C62H39NO/c1-2-16-40(17-3-1)61(53-24-10-4-18-45(53)46-19-5-11-25-54(46)61)41-30-32-42(33-31-41)63(43-35-37-60-52(38-43)51-23-9-15-29-59(51)64-60)44-34-36-50-49-22-8-14-28-57(49)62(58(50)39-44)55-26-12-6-20-47(55)48-21-7-13-27-56(48)62/h1-39H. The van der Waals surface area contributed by atoms with Crippen LogP contribution in [0.4, 0.5) is 17.1 Å². The summed E-state index contributed by atoms with van der Waals surface area (Å²) < 4.78 is 6.39. The molecule has 0 fully saturated rings. The Morgan fingerprint density at radius 1 is 0.266 bits per heavy atom. The van der Waals surface area contributed by atoms with E-state index in [1.807, 2.05) is 6.07 Å². The number of rotatable bonds is 5. The van der Waals surface area contributed by atoms with Crippen LogP contribution >= 0.6 is 0 Å². The summed E-state index contributed by atoms with van der Waals surface area (Å²) in [6.45, 7) is 0. The molecule has 14 rings (SSSR count). The Morgan fingerprint density at radius 3 is 1.25 bits per heavy atom. The van der Waals surface area contributed by atoms with Crippen molar-refractivity contribution in [2.24, 2.45) is 0 Å². The van der Waals surface area contributed by atoms with Crippen LogP contribution in [0.25, 0.3) is 55.3 Å². The highest BCUT2D eigenvalue weighted by Gasteiger charge is 2.52. The number of hydrogen-bond donors (Lipinski definition) is 0. The van der Waals surface area contributed by atoms with Crippen molar-refractivity contribution in [3.8, 4) is 33.4 Å². The SMILES string of the molecule is c1ccc(C2(c3ccc(N(c4ccc5c(c4)C4(c6ccccc6-c6ccccc64)c4ccccc4-5)c4ccc5oc6ccccc6c5c4)cc3)c3ccccc3-c3ccccc32)cc1. The Hall–Kier alpha value is -8.20. The molecular formula is C62H39NO. The molecule has 3 aliphatic rings. The summed E-state index contributed by atoms with van der Waals surface area (Å²) in [6.07, 6.45) is 0. The van der Waals surface area contributed by atoms with Crippen LogP contribution in [0, 0.1) is 0 Å². The lowest BCUT2D eigenvalue weighted by molar-refractivity contribution is 0.669. The van der Waals surface area contributed by atoms with Crippen LogP contribution in [-0.4, -0.2) is 0 Å². The van der Waals surface area contributed by atoms with Crippen molar-refractivity contribution in [3.63, 3.8) is 0 Å². The van der Waals surface area contributed by atoms with Crippen LogP contribution in [0.5, 0.6) is 0 Å². The fraction of sp³-hybridized carbons (Fsp3) is 0.0323. The molecule has 298 valence electrons. The third-order valence-electron chi connectivity index (χ3n) is 14.6. The van der Waals surface area contributed by atoms with Crippen molar-refractivity contribution in [1.29, 1.82) is 0 Å². The minimum atomic E-state index is -0.485. The number of fused-ring (bicyclic) bond motifs is 16. The van der Waals surface area contributed by atoms with Gasteiger partial charge >= 0.3 is 0 Å². The fourth-order valence-corrected chi connectivity index (χ4v) is 12.1. The van der Waals surface area contributed by atoms with Gasteiger partial charge < -0.3 is 9.32 Å². The van der Waals surface area contributed by atoms with Gasteiger partial charge in [-0.1, -0.05) is 188 Å². The number of nitrogens with zero attached hydrogens (tertiary/aromatic N) is 1. The van der Waals surface area contributed by atoms with Crippen LogP contribution in [0.2, 0.25) is 0 Å². The van der Waals surface area contributed by atoms with Crippen LogP contribution in [0.15, 0.2) is 241 Å². The zero-order valence-corrected chi connectivity index (χ0v) is 34.9. The first-order valence-corrected chi connectivity index (χ1v) is 22.3. The van der Waals surface area contributed by atoms with E-state index in [9.17, 15) is 0 Å². The van der Waals surface area contributed by atoms with Crippen LogP contribution < -0.4 is 4.90 Å². The highest BCUT2D eigenvalue weighted by atomic mass is 16.3. The first kappa shape index (κ1) is 35.4. The molecule has 10 aromatic carbocycles. The van der Waals surface area contributed by atoms with E-state index in [1.165, 1.54) is 77.9 Å². The maximum atomic E-state index is 6.39. The predicted octanol–water partition coefficient (Wildman–Crippen LogP) is 15.8. The van der Waals surface area contributed by atoms with E-state index in [0.29, 0.717) is 0 Å². The Kier molecular flexibility index (Phi) is 7.28. The minimum Gasteiger partial charge on any atom is -0.456 e. The first-order chi connectivity index (χ1) is 31.7. The van der Waals surface area contributed by atoms with E-state index < -0.39 is 10.8 Å². The molecule has 1 aromatic heterocycles. The lowest BCUT2D eigenvalue weighted by atomic mass is 9.67. The van der Waals surface area contributed by atoms with Crippen LogP contribution in [0.3, 0.4) is 0 Å². The molecule has 2 nitrogen and oxygen atoms in total. The van der Waals surface area contributed by atoms with Crippen molar-refractivity contribution >= 4 is 39.0 Å². The molecule has 0 radical (unpaired) electrons. The summed E-state index contributed by atoms with van der Waals surface area (Å²) in [5.41, 5.74) is 22.3. The Morgan fingerprint density at radius 2 is 0.672 bits per heavy atom. The Bertz CT molecular complexity index is 3580. The monoisotopic (exact) mass is 813 g/mol. The normalized spacial score (nSPS) is 14.2. The molecule has 0 atom stereocenters. The smallest absolute Gasteiger partial charge is 0.135 e. The minimum absolute atomic E-state index is 0.458. The zero-order chi connectivity index (χ0) is 42.0. The lowest BCUT2D eigenvalue weighted by Gasteiger charge is -2.35. The second-order valence-electron chi connectivity index (χ2n) is 17.5. The molecule has 0 saturated carbocycles. The fourth-order valence-electron chi connectivity index (χ4n) is 12.1.